The number of aromatic nitrogens is 3. The van der Waals surface area contributed by atoms with Crippen LogP contribution >= 0.6 is 0 Å². The van der Waals surface area contributed by atoms with Crippen LogP contribution in [0.4, 0.5) is 11.4 Å². The third-order valence-electron chi connectivity index (χ3n) is 5.61. The summed E-state index contributed by atoms with van der Waals surface area (Å²) in [6.07, 6.45) is 0.743. The van der Waals surface area contributed by atoms with Crippen LogP contribution in [0.25, 0.3) is 16.7 Å². The molecule has 2 N–H and O–H groups in total. The van der Waals surface area contributed by atoms with Gasteiger partial charge in [0.1, 0.15) is 0 Å². The summed E-state index contributed by atoms with van der Waals surface area (Å²) >= 11 is 0. The van der Waals surface area contributed by atoms with E-state index < -0.39 is 0 Å². The molecular weight excluding hydrogens is 430 g/mol. The van der Waals surface area contributed by atoms with Crippen LogP contribution in [-0.2, 0) is 16.0 Å². The number of nitrogens with zero attached hydrogens (tertiary/aromatic N) is 3. The highest BCUT2D eigenvalue weighted by Gasteiger charge is 2.20. The van der Waals surface area contributed by atoms with Gasteiger partial charge in [0, 0.05) is 35.7 Å². The first-order chi connectivity index (χ1) is 16.4. The van der Waals surface area contributed by atoms with E-state index in [1.165, 1.54) is 6.92 Å². The Morgan fingerprint density at radius 2 is 1.62 bits per heavy atom. The molecule has 8 nitrogen and oxygen atoms in total. The van der Waals surface area contributed by atoms with E-state index in [0.717, 1.165) is 33.5 Å². The predicted molar refractivity (Wildman–Crippen MR) is 133 cm³/mol. The fourth-order valence-corrected chi connectivity index (χ4v) is 4.05. The summed E-state index contributed by atoms with van der Waals surface area (Å²) in [5.41, 5.74) is 5.76. The van der Waals surface area contributed by atoms with Gasteiger partial charge in [-0.2, -0.15) is 10.1 Å². The van der Waals surface area contributed by atoms with Gasteiger partial charge in [-0.15, -0.1) is 0 Å². The van der Waals surface area contributed by atoms with Gasteiger partial charge in [-0.25, -0.2) is 4.68 Å². The van der Waals surface area contributed by atoms with Crippen molar-refractivity contribution >= 4 is 34.2 Å². The average Bonchev–Trinajstić information content (AvgIpc) is 3.16. The number of fused-ring (bicyclic) bond motifs is 1. The summed E-state index contributed by atoms with van der Waals surface area (Å²) < 4.78 is 7.43. The number of anilines is 2. The van der Waals surface area contributed by atoms with Gasteiger partial charge in [0.15, 0.2) is 5.65 Å². The molecule has 4 aromatic rings. The molecule has 34 heavy (non-hydrogen) atoms. The van der Waals surface area contributed by atoms with E-state index in [2.05, 4.69) is 10.6 Å². The second-order valence-electron chi connectivity index (χ2n) is 8.06. The third-order valence-corrected chi connectivity index (χ3v) is 5.61. The van der Waals surface area contributed by atoms with E-state index in [1.807, 2.05) is 48.9 Å². The number of carbonyl (C=O) groups excluding carboxylic acids is 2. The summed E-state index contributed by atoms with van der Waals surface area (Å²) in [6, 6.07) is 16.8. The molecule has 0 bridgehead atoms. The predicted octanol–water partition coefficient (Wildman–Crippen LogP) is 4.58. The van der Waals surface area contributed by atoms with Crippen molar-refractivity contribution in [3.8, 4) is 11.6 Å². The van der Waals surface area contributed by atoms with E-state index in [0.29, 0.717) is 23.7 Å². The van der Waals surface area contributed by atoms with Crippen molar-refractivity contribution in [1.29, 1.82) is 0 Å². The number of para-hydroxylation sites is 1. The number of hydrogen-bond donors (Lipinski definition) is 2. The SMILES string of the molecule is COc1nc2c(c(C)nn2-c2ccccc2)c(C)c1CCC(=O)Nc1ccc(NC(C)=O)cc1. The zero-order chi connectivity index (χ0) is 24.2. The molecule has 0 spiro atoms. The Bertz CT molecular complexity index is 1340. The van der Waals surface area contributed by atoms with Crippen LogP contribution in [0.1, 0.15) is 30.2 Å². The number of hydrogen-bond acceptors (Lipinski definition) is 5. The number of pyridine rings is 1. The number of ether oxygens (including phenoxy) is 1. The molecule has 2 aromatic carbocycles. The quantitative estimate of drug-likeness (QED) is 0.423. The molecule has 174 valence electrons. The molecule has 0 fully saturated rings. The van der Waals surface area contributed by atoms with Crippen molar-refractivity contribution in [1.82, 2.24) is 14.8 Å². The van der Waals surface area contributed by atoms with E-state index >= 15 is 0 Å². The maximum atomic E-state index is 12.6. The lowest BCUT2D eigenvalue weighted by Crippen LogP contribution is -2.13. The average molecular weight is 458 g/mol. The second-order valence-corrected chi connectivity index (χ2v) is 8.06. The van der Waals surface area contributed by atoms with Crippen molar-refractivity contribution in [2.75, 3.05) is 17.7 Å². The van der Waals surface area contributed by atoms with E-state index in [4.69, 9.17) is 14.8 Å². The third kappa shape index (κ3) is 4.76. The molecular formula is C26H27N5O3. The van der Waals surface area contributed by atoms with E-state index in [1.54, 1.807) is 31.4 Å². The highest BCUT2D eigenvalue weighted by molar-refractivity contribution is 5.92. The molecule has 2 aromatic heterocycles. The Labute approximate surface area is 198 Å². The number of aryl methyl sites for hydroxylation is 2. The molecule has 0 saturated heterocycles. The van der Waals surface area contributed by atoms with Gasteiger partial charge in [0.2, 0.25) is 17.7 Å². The van der Waals surface area contributed by atoms with Gasteiger partial charge in [0.25, 0.3) is 0 Å². The molecule has 0 aliphatic carbocycles. The lowest BCUT2D eigenvalue weighted by atomic mass is 10.0. The topological polar surface area (TPSA) is 98.1 Å². The number of methoxy groups -OCH3 is 1. The number of nitrogens with one attached hydrogen (secondary N) is 2. The number of amides is 2. The van der Waals surface area contributed by atoms with Gasteiger partial charge >= 0.3 is 0 Å². The Balaban J connectivity index is 1.55. The fraction of sp³-hybridized carbons (Fsp3) is 0.231. The monoisotopic (exact) mass is 457 g/mol. The smallest absolute Gasteiger partial charge is 0.224 e. The van der Waals surface area contributed by atoms with Crippen LogP contribution < -0.4 is 15.4 Å². The first-order valence-electron chi connectivity index (χ1n) is 11.0. The molecule has 0 aliphatic heterocycles. The zero-order valence-electron chi connectivity index (χ0n) is 19.7. The molecule has 0 aliphatic rings. The number of rotatable bonds is 7. The molecule has 4 rings (SSSR count). The Morgan fingerprint density at radius 3 is 2.24 bits per heavy atom. The zero-order valence-corrected chi connectivity index (χ0v) is 19.7. The first-order valence-corrected chi connectivity index (χ1v) is 11.0. The highest BCUT2D eigenvalue weighted by Crippen LogP contribution is 2.32. The lowest BCUT2D eigenvalue weighted by molar-refractivity contribution is -0.116. The summed E-state index contributed by atoms with van der Waals surface area (Å²) in [5.74, 6) is 0.233. The van der Waals surface area contributed by atoms with Crippen molar-refractivity contribution in [3.05, 3.63) is 71.4 Å². The summed E-state index contributed by atoms with van der Waals surface area (Å²) in [5, 5.41) is 11.3. The van der Waals surface area contributed by atoms with Gasteiger partial charge in [-0.1, -0.05) is 18.2 Å². The number of carbonyl (C=O) groups is 2. The number of benzene rings is 2. The van der Waals surface area contributed by atoms with Crippen molar-refractivity contribution in [2.24, 2.45) is 0 Å². The van der Waals surface area contributed by atoms with Crippen LogP contribution in [0.3, 0.4) is 0 Å². The van der Waals surface area contributed by atoms with Crippen molar-refractivity contribution in [3.63, 3.8) is 0 Å². The van der Waals surface area contributed by atoms with Crippen LogP contribution in [0.15, 0.2) is 54.6 Å². The normalized spacial score (nSPS) is 10.8. The van der Waals surface area contributed by atoms with Crippen LogP contribution in [0.5, 0.6) is 5.88 Å². The summed E-state index contributed by atoms with van der Waals surface area (Å²) in [4.78, 5) is 28.5. The van der Waals surface area contributed by atoms with Crippen molar-refractivity contribution in [2.45, 2.75) is 33.6 Å². The molecule has 2 amide bonds. The lowest BCUT2D eigenvalue weighted by Gasteiger charge is -2.13. The fourth-order valence-electron chi connectivity index (χ4n) is 4.05. The molecule has 0 unspecified atom stereocenters. The van der Waals surface area contributed by atoms with Gasteiger partial charge in [0.05, 0.1) is 18.5 Å². The molecule has 8 heteroatoms. The summed E-state index contributed by atoms with van der Waals surface area (Å²) in [6.45, 7) is 5.43. The van der Waals surface area contributed by atoms with Gasteiger partial charge in [-0.05, 0) is 62.2 Å². The minimum absolute atomic E-state index is 0.120. The van der Waals surface area contributed by atoms with Gasteiger partial charge in [-0.3, -0.25) is 9.59 Å². The minimum Gasteiger partial charge on any atom is -0.481 e. The maximum Gasteiger partial charge on any atom is 0.224 e. The van der Waals surface area contributed by atoms with Crippen molar-refractivity contribution < 1.29 is 14.3 Å². The summed E-state index contributed by atoms with van der Waals surface area (Å²) in [7, 11) is 1.59. The second kappa shape index (κ2) is 9.74. The standard InChI is InChI=1S/C26H27N5O3/c1-16-22(14-15-23(33)28-20-12-10-19(11-13-20)27-18(3)32)26(34-4)29-25-24(16)17(2)30-31(25)21-8-6-5-7-9-21/h5-13H,14-15H2,1-4H3,(H,27,32)(H,28,33). The van der Waals surface area contributed by atoms with E-state index in [-0.39, 0.29) is 18.2 Å². The molecule has 0 saturated carbocycles. The largest absolute Gasteiger partial charge is 0.481 e. The Morgan fingerprint density at radius 1 is 0.971 bits per heavy atom. The maximum absolute atomic E-state index is 12.6. The molecule has 2 heterocycles. The minimum atomic E-state index is -0.142. The van der Waals surface area contributed by atoms with Crippen LogP contribution in [-0.4, -0.2) is 33.7 Å². The van der Waals surface area contributed by atoms with Crippen LogP contribution in [0, 0.1) is 13.8 Å². The Hall–Kier alpha value is -4.20. The van der Waals surface area contributed by atoms with Gasteiger partial charge < -0.3 is 15.4 Å². The Kier molecular flexibility index (Phi) is 6.58. The van der Waals surface area contributed by atoms with E-state index in [9.17, 15) is 9.59 Å². The molecule has 0 atom stereocenters. The first kappa shape index (κ1) is 23.0. The van der Waals surface area contributed by atoms with Crippen LogP contribution in [0.2, 0.25) is 0 Å². The molecule has 0 radical (unpaired) electrons. The highest BCUT2D eigenvalue weighted by atomic mass is 16.5.